The fourth-order valence-corrected chi connectivity index (χ4v) is 1.37. The van der Waals surface area contributed by atoms with Gasteiger partial charge in [0.25, 0.3) is 0 Å². The van der Waals surface area contributed by atoms with Gasteiger partial charge in [0.15, 0.2) is 0 Å². The monoisotopic (exact) mass is 255 g/mol. The second-order valence-corrected chi connectivity index (χ2v) is 4.20. The maximum Gasteiger partial charge on any atom is 0.315 e. The molecule has 1 rings (SSSR count). The van der Waals surface area contributed by atoms with Crippen LogP contribution in [0.2, 0.25) is 0 Å². The van der Waals surface area contributed by atoms with Gasteiger partial charge in [0.2, 0.25) is 0 Å². The smallest absolute Gasteiger partial charge is 0.315 e. The average Bonchev–Trinajstić information content (AvgIpc) is 2.69. The summed E-state index contributed by atoms with van der Waals surface area (Å²) in [5, 5.41) is 17.5. The zero-order valence-corrected chi connectivity index (χ0v) is 10.4. The van der Waals surface area contributed by atoms with Gasteiger partial charge in [-0.1, -0.05) is 12.1 Å². The maximum absolute atomic E-state index is 11.4. The van der Waals surface area contributed by atoms with E-state index in [4.69, 9.17) is 9.63 Å². The lowest BCUT2D eigenvalue weighted by atomic mass is 10.1. The molecule has 0 fully saturated rings. The molecule has 7 heteroatoms. The van der Waals surface area contributed by atoms with Crippen molar-refractivity contribution < 1.29 is 19.2 Å². The summed E-state index contributed by atoms with van der Waals surface area (Å²) in [6.45, 7) is 4.12. The van der Waals surface area contributed by atoms with Crippen LogP contribution < -0.4 is 10.6 Å². The molecule has 0 saturated carbocycles. The van der Waals surface area contributed by atoms with E-state index in [1.54, 1.807) is 19.9 Å². The molecular formula is C11H17N3O4. The summed E-state index contributed by atoms with van der Waals surface area (Å²) >= 11 is 0. The van der Waals surface area contributed by atoms with Crippen molar-refractivity contribution in [1.29, 1.82) is 0 Å². The van der Waals surface area contributed by atoms with Gasteiger partial charge >= 0.3 is 12.0 Å². The van der Waals surface area contributed by atoms with E-state index in [1.165, 1.54) is 0 Å². The molecule has 2 amide bonds. The predicted molar refractivity (Wildman–Crippen MR) is 62.9 cm³/mol. The minimum atomic E-state index is -0.872. The van der Waals surface area contributed by atoms with Crippen LogP contribution in [-0.2, 0) is 11.3 Å². The summed E-state index contributed by atoms with van der Waals surface area (Å²) in [7, 11) is 0. The van der Waals surface area contributed by atoms with E-state index in [0.717, 1.165) is 0 Å². The molecule has 0 bridgehead atoms. The predicted octanol–water partition coefficient (Wildman–Crippen LogP) is 0.893. The second-order valence-electron chi connectivity index (χ2n) is 4.20. The number of carbonyl (C=O) groups is 2. The quantitative estimate of drug-likeness (QED) is 0.700. The van der Waals surface area contributed by atoms with Crippen LogP contribution in [0.3, 0.4) is 0 Å². The number of urea groups is 1. The third-order valence-electron chi connectivity index (χ3n) is 2.24. The standard InChI is InChI=1S/C11H17N3O4/c1-7(3-10(15)16)5-12-11(17)13-6-9-4-8(2)18-14-9/h4,7H,3,5-6H2,1-2H3,(H,15,16)(H2,12,13,17). The molecule has 1 aromatic heterocycles. The first-order valence-corrected chi connectivity index (χ1v) is 5.63. The zero-order chi connectivity index (χ0) is 13.5. The highest BCUT2D eigenvalue weighted by atomic mass is 16.5. The highest BCUT2D eigenvalue weighted by Crippen LogP contribution is 2.01. The summed E-state index contributed by atoms with van der Waals surface area (Å²) in [6, 6.07) is 1.38. The molecule has 0 radical (unpaired) electrons. The van der Waals surface area contributed by atoms with Gasteiger partial charge in [0, 0.05) is 19.0 Å². The van der Waals surface area contributed by atoms with Crippen LogP contribution in [0.15, 0.2) is 10.6 Å². The lowest BCUT2D eigenvalue weighted by Gasteiger charge is -2.10. The number of aliphatic carboxylic acids is 1. The van der Waals surface area contributed by atoms with E-state index < -0.39 is 5.97 Å². The summed E-state index contributed by atoms with van der Waals surface area (Å²) in [5.74, 6) is -0.299. The van der Waals surface area contributed by atoms with E-state index in [1.807, 2.05) is 0 Å². The Morgan fingerprint density at radius 3 is 2.78 bits per heavy atom. The van der Waals surface area contributed by atoms with Crippen LogP contribution in [0.25, 0.3) is 0 Å². The van der Waals surface area contributed by atoms with Crippen LogP contribution in [0.4, 0.5) is 4.79 Å². The molecule has 0 spiro atoms. The number of amides is 2. The van der Waals surface area contributed by atoms with E-state index in [2.05, 4.69) is 15.8 Å². The van der Waals surface area contributed by atoms with Crippen molar-refractivity contribution in [3.8, 4) is 0 Å². The fourth-order valence-electron chi connectivity index (χ4n) is 1.37. The molecule has 18 heavy (non-hydrogen) atoms. The topological polar surface area (TPSA) is 104 Å². The molecule has 1 unspecified atom stereocenters. The number of nitrogens with one attached hydrogen (secondary N) is 2. The van der Waals surface area contributed by atoms with Crippen LogP contribution in [0.1, 0.15) is 24.8 Å². The summed E-state index contributed by atoms with van der Waals surface area (Å²) in [6.07, 6.45) is 0.0305. The third kappa shape index (κ3) is 5.33. The summed E-state index contributed by atoms with van der Waals surface area (Å²) < 4.78 is 4.85. The molecule has 1 heterocycles. The van der Waals surface area contributed by atoms with Crippen LogP contribution in [-0.4, -0.2) is 28.8 Å². The van der Waals surface area contributed by atoms with Crippen LogP contribution in [0, 0.1) is 12.8 Å². The molecule has 0 aliphatic rings. The Bertz CT molecular complexity index is 416. The summed E-state index contributed by atoms with van der Waals surface area (Å²) in [5.41, 5.74) is 0.640. The van der Waals surface area contributed by atoms with E-state index in [9.17, 15) is 9.59 Å². The van der Waals surface area contributed by atoms with Crippen molar-refractivity contribution in [1.82, 2.24) is 15.8 Å². The molecule has 0 aliphatic heterocycles. The summed E-state index contributed by atoms with van der Waals surface area (Å²) in [4.78, 5) is 21.8. The lowest BCUT2D eigenvalue weighted by molar-refractivity contribution is -0.137. The van der Waals surface area contributed by atoms with E-state index >= 15 is 0 Å². The second kappa shape index (κ2) is 6.63. The number of nitrogens with zero attached hydrogens (tertiary/aromatic N) is 1. The van der Waals surface area contributed by atoms with E-state index in [0.29, 0.717) is 18.0 Å². The van der Waals surface area contributed by atoms with Crippen molar-refractivity contribution in [3.05, 3.63) is 17.5 Å². The molecule has 0 saturated heterocycles. The van der Waals surface area contributed by atoms with Crippen LogP contribution in [0.5, 0.6) is 0 Å². The largest absolute Gasteiger partial charge is 0.481 e. The first kappa shape index (κ1) is 14.0. The zero-order valence-electron chi connectivity index (χ0n) is 10.4. The van der Waals surface area contributed by atoms with Gasteiger partial charge in [-0.3, -0.25) is 4.79 Å². The van der Waals surface area contributed by atoms with Crippen molar-refractivity contribution in [2.75, 3.05) is 6.54 Å². The molecule has 1 aromatic rings. The highest BCUT2D eigenvalue weighted by molar-refractivity contribution is 5.73. The highest BCUT2D eigenvalue weighted by Gasteiger charge is 2.09. The molecule has 100 valence electrons. The number of hydrogen-bond acceptors (Lipinski definition) is 4. The number of hydrogen-bond donors (Lipinski definition) is 3. The van der Waals surface area contributed by atoms with Gasteiger partial charge in [-0.15, -0.1) is 0 Å². The Morgan fingerprint density at radius 1 is 1.50 bits per heavy atom. The Balaban J connectivity index is 2.19. The van der Waals surface area contributed by atoms with Gasteiger partial charge in [0.05, 0.1) is 6.54 Å². The molecule has 3 N–H and O–H groups in total. The van der Waals surface area contributed by atoms with Crippen LogP contribution >= 0.6 is 0 Å². The van der Waals surface area contributed by atoms with Crippen molar-refractivity contribution in [2.45, 2.75) is 26.8 Å². The van der Waals surface area contributed by atoms with Gasteiger partial charge in [-0.05, 0) is 12.8 Å². The van der Waals surface area contributed by atoms with E-state index in [-0.39, 0.29) is 24.9 Å². The first-order chi connectivity index (χ1) is 8.47. The number of rotatable bonds is 6. The average molecular weight is 255 g/mol. The number of carboxylic acid groups (broad SMARTS) is 1. The maximum atomic E-state index is 11.4. The lowest BCUT2D eigenvalue weighted by Crippen LogP contribution is -2.37. The Morgan fingerprint density at radius 2 is 2.22 bits per heavy atom. The Labute approximate surface area is 105 Å². The number of aryl methyl sites for hydroxylation is 1. The van der Waals surface area contributed by atoms with Crippen molar-refractivity contribution >= 4 is 12.0 Å². The third-order valence-corrected chi connectivity index (χ3v) is 2.24. The van der Waals surface area contributed by atoms with Crippen molar-refractivity contribution in [3.63, 3.8) is 0 Å². The molecule has 7 nitrogen and oxygen atoms in total. The first-order valence-electron chi connectivity index (χ1n) is 5.63. The Kier molecular flexibility index (Phi) is 5.16. The normalized spacial score (nSPS) is 11.9. The molecular weight excluding hydrogens is 238 g/mol. The van der Waals surface area contributed by atoms with Crippen molar-refractivity contribution in [2.24, 2.45) is 5.92 Å². The Hall–Kier alpha value is -2.05. The molecule has 1 atom stereocenters. The minimum absolute atomic E-state index is 0.0305. The molecule has 0 aromatic carbocycles. The van der Waals surface area contributed by atoms with Gasteiger partial charge in [0.1, 0.15) is 11.5 Å². The van der Waals surface area contributed by atoms with Gasteiger partial charge in [-0.25, -0.2) is 4.79 Å². The SMILES string of the molecule is Cc1cc(CNC(=O)NCC(C)CC(=O)O)no1. The number of aromatic nitrogens is 1. The fraction of sp³-hybridized carbons (Fsp3) is 0.545. The minimum Gasteiger partial charge on any atom is -0.481 e. The molecule has 0 aliphatic carbocycles. The van der Waals surface area contributed by atoms with Gasteiger partial charge in [-0.2, -0.15) is 0 Å². The van der Waals surface area contributed by atoms with Gasteiger partial charge < -0.3 is 20.3 Å². The number of carboxylic acids is 1. The number of carbonyl (C=O) groups excluding carboxylic acids is 1.